The molecule has 172 valence electrons. The predicted molar refractivity (Wildman–Crippen MR) is 129 cm³/mol. The molecule has 2 saturated carbocycles. The van der Waals surface area contributed by atoms with Crippen LogP contribution in [0.4, 0.5) is 0 Å². The first-order valence-corrected chi connectivity index (χ1v) is 14.4. The SMILES string of the molecule is CC1(C)COC2(CCC(C=CC(O)C3CCCCCC3)C2CCC2SCCS2)OC1. The number of thioether (sulfide) groups is 2. The third-order valence-corrected chi connectivity index (χ3v) is 10.8. The highest BCUT2D eigenvalue weighted by molar-refractivity contribution is 8.20. The fourth-order valence-electron chi connectivity index (χ4n) is 5.78. The molecule has 0 amide bonds. The molecule has 30 heavy (non-hydrogen) atoms. The van der Waals surface area contributed by atoms with Gasteiger partial charge >= 0.3 is 0 Å². The molecule has 2 aliphatic carbocycles. The van der Waals surface area contributed by atoms with Crippen LogP contribution < -0.4 is 0 Å². The number of ether oxygens (including phenoxy) is 2. The Morgan fingerprint density at radius 1 is 0.967 bits per heavy atom. The maximum atomic E-state index is 10.9. The smallest absolute Gasteiger partial charge is 0.171 e. The van der Waals surface area contributed by atoms with E-state index in [1.165, 1.54) is 62.9 Å². The summed E-state index contributed by atoms with van der Waals surface area (Å²) in [5, 5.41) is 10.9. The minimum absolute atomic E-state index is 0.108. The predicted octanol–water partition coefficient (Wildman–Crippen LogP) is 6.26. The summed E-state index contributed by atoms with van der Waals surface area (Å²) in [5.41, 5.74) is 0.108. The summed E-state index contributed by atoms with van der Waals surface area (Å²) in [7, 11) is 0. The van der Waals surface area contributed by atoms with Gasteiger partial charge in [0.2, 0.25) is 0 Å². The van der Waals surface area contributed by atoms with Crippen molar-refractivity contribution in [1.82, 2.24) is 0 Å². The minimum atomic E-state index is -0.397. The highest BCUT2D eigenvalue weighted by Crippen LogP contribution is 2.51. The van der Waals surface area contributed by atoms with E-state index >= 15 is 0 Å². The standard InChI is InChI=1S/C25H42O3S2/c1-24(2)17-27-25(28-18-24)14-13-19(21(25)10-12-23-29-15-16-30-23)9-11-22(26)20-7-5-3-4-6-8-20/h9,11,19-23,26H,3-8,10,12-18H2,1-2H3. The molecule has 1 N–H and O–H groups in total. The molecular formula is C25H42O3S2. The summed E-state index contributed by atoms with van der Waals surface area (Å²) in [6, 6.07) is 0. The van der Waals surface area contributed by atoms with Crippen molar-refractivity contribution in [2.75, 3.05) is 24.7 Å². The second-order valence-corrected chi connectivity index (χ2v) is 13.7. The van der Waals surface area contributed by atoms with Gasteiger partial charge in [-0.25, -0.2) is 0 Å². The largest absolute Gasteiger partial charge is 0.389 e. The van der Waals surface area contributed by atoms with Gasteiger partial charge in [0.1, 0.15) is 0 Å². The molecule has 3 unspecified atom stereocenters. The summed E-state index contributed by atoms with van der Waals surface area (Å²) < 4.78 is 13.8. The topological polar surface area (TPSA) is 38.7 Å². The number of aliphatic hydroxyl groups excluding tert-OH is 1. The lowest BCUT2D eigenvalue weighted by atomic mass is 9.85. The van der Waals surface area contributed by atoms with E-state index in [4.69, 9.17) is 9.47 Å². The summed E-state index contributed by atoms with van der Waals surface area (Å²) in [6.07, 6.45) is 16.3. The third kappa shape index (κ3) is 5.81. The molecule has 0 bridgehead atoms. The average molecular weight is 455 g/mol. The highest BCUT2D eigenvalue weighted by Gasteiger charge is 2.52. The molecule has 4 fully saturated rings. The Labute approximate surface area is 192 Å². The zero-order valence-electron chi connectivity index (χ0n) is 19.0. The molecule has 2 heterocycles. The van der Waals surface area contributed by atoms with E-state index in [2.05, 4.69) is 49.5 Å². The maximum absolute atomic E-state index is 10.9. The van der Waals surface area contributed by atoms with Crippen molar-refractivity contribution < 1.29 is 14.6 Å². The van der Waals surface area contributed by atoms with Gasteiger partial charge in [-0.15, -0.1) is 23.5 Å². The zero-order chi connectivity index (χ0) is 21.0. The van der Waals surface area contributed by atoms with Crippen molar-refractivity contribution in [2.45, 2.75) is 94.5 Å². The van der Waals surface area contributed by atoms with Gasteiger partial charge in [-0.1, -0.05) is 51.7 Å². The van der Waals surface area contributed by atoms with E-state index in [0.717, 1.165) is 30.6 Å². The molecule has 0 aromatic carbocycles. The number of allylic oxidation sites excluding steroid dienone is 1. The van der Waals surface area contributed by atoms with Crippen LogP contribution in [0.3, 0.4) is 0 Å². The number of hydrogen-bond acceptors (Lipinski definition) is 5. The average Bonchev–Trinajstić information content (AvgIpc) is 3.27. The minimum Gasteiger partial charge on any atom is -0.389 e. The Kier molecular flexibility index (Phi) is 8.22. The molecule has 3 atom stereocenters. The molecule has 4 rings (SSSR count). The molecule has 2 saturated heterocycles. The second kappa shape index (κ2) is 10.5. The van der Waals surface area contributed by atoms with Crippen LogP contribution in [0, 0.1) is 23.2 Å². The van der Waals surface area contributed by atoms with E-state index in [9.17, 15) is 5.11 Å². The van der Waals surface area contributed by atoms with Crippen LogP contribution in [-0.2, 0) is 9.47 Å². The van der Waals surface area contributed by atoms with E-state index in [1.54, 1.807) is 0 Å². The third-order valence-electron chi connectivity index (χ3n) is 7.66. The monoisotopic (exact) mass is 454 g/mol. The molecule has 0 aromatic heterocycles. The van der Waals surface area contributed by atoms with Gasteiger partial charge < -0.3 is 14.6 Å². The summed E-state index contributed by atoms with van der Waals surface area (Å²) >= 11 is 4.25. The molecular weight excluding hydrogens is 412 g/mol. The second-order valence-electron chi connectivity index (χ2n) is 10.7. The fraction of sp³-hybridized carbons (Fsp3) is 0.920. The van der Waals surface area contributed by atoms with Gasteiger partial charge in [0.15, 0.2) is 5.79 Å². The molecule has 2 aliphatic heterocycles. The normalized spacial score (nSPS) is 34.0. The van der Waals surface area contributed by atoms with Gasteiger partial charge in [0.05, 0.1) is 23.9 Å². The molecule has 3 nitrogen and oxygen atoms in total. The first kappa shape index (κ1) is 23.5. The Bertz CT molecular complexity index is 555. The van der Waals surface area contributed by atoms with Crippen LogP contribution in [-0.4, -0.2) is 46.3 Å². The van der Waals surface area contributed by atoms with Crippen molar-refractivity contribution in [3.63, 3.8) is 0 Å². The molecule has 0 aromatic rings. The number of rotatable bonds is 6. The van der Waals surface area contributed by atoms with Crippen LogP contribution >= 0.6 is 23.5 Å². The molecule has 5 heteroatoms. The van der Waals surface area contributed by atoms with E-state index in [0.29, 0.717) is 17.8 Å². The van der Waals surface area contributed by atoms with Crippen LogP contribution in [0.1, 0.15) is 78.1 Å². The van der Waals surface area contributed by atoms with Gasteiger partial charge in [0, 0.05) is 29.3 Å². The Morgan fingerprint density at radius 3 is 2.30 bits per heavy atom. The highest BCUT2D eigenvalue weighted by atomic mass is 32.2. The lowest BCUT2D eigenvalue weighted by Crippen LogP contribution is -2.50. The fourth-order valence-corrected chi connectivity index (χ4v) is 8.64. The molecule has 1 spiro atoms. The quantitative estimate of drug-likeness (QED) is 0.379. The lowest BCUT2D eigenvalue weighted by molar-refractivity contribution is -0.316. The summed E-state index contributed by atoms with van der Waals surface area (Å²) in [6.45, 7) is 6.04. The lowest BCUT2D eigenvalue weighted by Gasteiger charge is -2.45. The van der Waals surface area contributed by atoms with Crippen molar-refractivity contribution in [2.24, 2.45) is 23.2 Å². The Hall–Kier alpha value is 0.320. The summed E-state index contributed by atoms with van der Waals surface area (Å²) in [4.78, 5) is 0. The zero-order valence-corrected chi connectivity index (χ0v) is 20.7. The first-order valence-electron chi connectivity index (χ1n) is 12.3. The van der Waals surface area contributed by atoms with Crippen molar-refractivity contribution in [1.29, 1.82) is 0 Å². The van der Waals surface area contributed by atoms with Crippen LogP contribution in [0.5, 0.6) is 0 Å². The van der Waals surface area contributed by atoms with Crippen LogP contribution in [0.15, 0.2) is 12.2 Å². The Morgan fingerprint density at radius 2 is 1.63 bits per heavy atom. The molecule has 4 aliphatic rings. The van der Waals surface area contributed by atoms with Gasteiger partial charge in [-0.3, -0.25) is 0 Å². The Balaban J connectivity index is 1.42. The molecule has 0 radical (unpaired) electrons. The first-order chi connectivity index (χ1) is 14.5. The summed E-state index contributed by atoms with van der Waals surface area (Å²) in [5.74, 6) is 3.51. The van der Waals surface area contributed by atoms with Crippen molar-refractivity contribution in [3.8, 4) is 0 Å². The van der Waals surface area contributed by atoms with Gasteiger partial charge in [-0.2, -0.15) is 0 Å². The van der Waals surface area contributed by atoms with Crippen molar-refractivity contribution in [3.05, 3.63) is 12.2 Å². The van der Waals surface area contributed by atoms with E-state index in [1.807, 2.05) is 0 Å². The number of hydrogen-bond donors (Lipinski definition) is 1. The van der Waals surface area contributed by atoms with Crippen LogP contribution in [0.2, 0.25) is 0 Å². The van der Waals surface area contributed by atoms with Crippen molar-refractivity contribution >= 4 is 23.5 Å². The van der Waals surface area contributed by atoms with Gasteiger partial charge in [0.25, 0.3) is 0 Å². The number of aliphatic hydroxyl groups is 1. The van der Waals surface area contributed by atoms with E-state index in [-0.39, 0.29) is 11.5 Å². The van der Waals surface area contributed by atoms with Gasteiger partial charge in [-0.05, 0) is 43.9 Å². The van der Waals surface area contributed by atoms with Crippen LogP contribution in [0.25, 0.3) is 0 Å². The maximum Gasteiger partial charge on any atom is 0.171 e. The van der Waals surface area contributed by atoms with E-state index < -0.39 is 5.79 Å².